The van der Waals surface area contributed by atoms with Gasteiger partial charge in [0.1, 0.15) is 5.82 Å². The number of thiocarbonyl (C=S) groups is 1. The Morgan fingerprint density at radius 1 is 1.23 bits per heavy atom. The third-order valence-electron chi connectivity index (χ3n) is 3.33. The van der Waals surface area contributed by atoms with Crippen LogP contribution in [0.15, 0.2) is 41.5 Å². The summed E-state index contributed by atoms with van der Waals surface area (Å²) in [7, 11) is 0. The van der Waals surface area contributed by atoms with Gasteiger partial charge < -0.3 is 5.32 Å². The number of hydrogen-bond acceptors (Lipinski definition) is 3. The lowest BCUT2D eigenvalue weighted by molar-refractivity contribution is 0.628. The Bertz CT molecular complexity index is 702. The Morgan fingerprint density at radius 2 is 1.95 bits per heavy atom. The van der Waals surface area contributed by atoms with E-state index in [4.69, 9.17) is 12.2 Å². The molecule has 0 radical (unpaired) electrons. The third-order valence-corrected chi connectivity index (χ3v) is 4.78. The van der Waals surface area contributed by atoms with Gasteiger partial charge in [0.05, 0.1) is 10.6 Å². The van der Waals surface area contributed by atoms with E-state index in [-0.39, 0.29) is 5.82 Å². The van der Waals surface area contributed by atoms with Gasteiger partial charge in [-0.25, -0.2) is 4.39 Å². The summed E-state index contributed by atoms with van der Waals surface area (Å²) in [6, 6.07) is 11.1. The van der Waals surface area contributed by atoms with Gasteiger partial charge in [-0.05, 0) is 61.8 Å². The summed E-state index contributed by atoms with van der Waals surface area (Å²) in [6.07, 6.45) is 2.35. The van der Waals surface area contributed by atoms with Gasteiger partial charge in [0.2, 0.25) is 0 Å². The second-order valence-corrected chi connectivity index (χ2v) is 6.72. The summed E-state index contributed by atoms with van der Waals surface area (Å²) in [5.74, 6) is -0.223. The van der Waals surface area contributed by atoms with Crippen molar-refractivity contribution in [3.63, 3.8) is 0 Å². The zero-order chi connectivity index (χ0) is 15.5. The summed E-state index contributed by atoms with van der Waals surface area (Å²) in [5.41, 5.74) is 4.75. The molecule has 0 saturated heterocycles. The van der Waals surface area contributed by atoms with Crippen molar-refractivity contribution >= 4 is 34.4 Å². The van der Waals surface area contributed by atoms with E-state index in [0.29, 0.717) is 11.2 Å². The minimum absolute atomic E-state index is 0.223. The fourth-order valence-electron chi connectivity index (χ4n) is 1.94. The van der Waals surface area contributed by atoms with E-state index >= 15 is 0 Å². The first-order valence-corrected chi connectivity index (χ1v) is 8.31. The molecular weight excluding hydrogens is 317 g/mol. The lowest BCUT2D eigenvalue weighted by atomic mass is 10.2. The molecule has 0 bridgehead atoms. The zero-order valence-corrected chi connectivity index (χ0v) is 13.7. The molecule has 22 heavy (non-hydrogen) atoms. The molecule has 1 saturated carbocycles. The molecule has 3 nitrogen and oxygen atoms in total. The lowest BCUT2D eigenvalue weighted by Gasteiger charge is -2.05. The van der Waals surface area contributed by atoms with Crippen LogP contribution < -0.4 is 10.7 Å². The second kappa shape index (κ2) is 6.54. The van der Waals surface area contributed by atoms with Crippen LogP contribution in [0.3, 0.4) is 0 Å². The number of thiophene rings is 1. The van der Waals surface area contributed by atoms with Gasteiger partial charge in [-0.15, -0.1) is 11.3 Å². The van der Waals surface area contributed by atoms with Crippen LogP contribution in [0.4, 0.5) is 4.39 Å². The number of benzene rings is 1. The molecule has 1 aromatic carbocycles. The maximum atomic E-state index is 13.0. The normalized spacial score (nSPS) is 14.7. The first kappa shape index (κ1) is 15.1. The van der Waals surface area contributed by atoms with Crippen molar-refractivity contribution in [2.24, 2.45) is 5.10 Å². The van der Waals surface area contributed by atoms with Crippen LogP contribution in [0, 0.1) is 5.82 Å². The molecule has 114 valence electrons. The molecule has 2 aromatic rings. The van der Waals surface area contributed by atoms with Crippen LogP contribution in [0.5, 0.6) is 0 Å². The fraction of sp³-hybridized carbons (Fsp3) is 0.250. The molecule has 0 spiro atoms. The standard InChI is InChI=1S/C16H16FN3S2/c1-10(19-20-16(21)18-13-6-7-13)14-8-9-15(22-14)11-2-4-12(17)5-3-11/h2-5,8-9,13H,6-7H2,1H3,(H2,18,20,21)/b19-10+. The Hall–Kier alpha value is -1.79. The van der Waals surface area contributed by atoms with Gasteiger partial charge in [-0.2, -0.15) is 5.10 Å². The van der Waals surface area contributed by atoms with Crippen LogP contribution in [-0.4, -0.2) is 16.9 Å². The van der Waals surface area contributed by atoms with Crippen LogP contribution in [0.1, 0.15) is 24.6 Å². The predicted octanol–water partition coefficient (Wildman–Crippen LogP) is 3.90. The van der Waals surface area contributed by atoms with E-state index < -0.39 is 0 Å². The van der Waals surface area contributed by atoms with Gasteiger partial charge in [0, 0.05) is 10.9 Å². The minimum Gasteiger partial charge on any atom is -0.359 e. The molecule has 0 atom stereocenters. The van der Waals surface area contributed by atoms with Crippen LogP contribution >= 0.6 is 23.6 Å². The lowest BCUT2D eigenvalue weighted by Crippen LogP contribution is -2.33. The molecule has 0 unspecified atom stereocenters. The highest BCUT2D eigenvalue weighted by molar-refractivity contribution is 7.80. The fourth-order valence-corrected chi connectivity index (χ4v) is 3.11. The number of hydrazone groups is 1. The van der Waals surface area contributed by atoms with Crippen LogP contribution in [-0.2, 0) is 0 Å². The monoisotopic (exact) mass is 333 g/mol. The topological polar surface area (TPSA) is 36.4 Å². The first-order valence-electron chi connectivity index (χ1n) is 7.09. The highest BCUT2D eigenvalue weighted by atomic mass is 32.1. The van der Waals surface area contributed by atoms with E-state index in [1.165, 1.54) is 25.0 Å². The average Bonchev–Trinajstić information content (AvgIpc) is 3.18. The minimum atomic E-state index is -0.223. The van der Waals surface area contributed by atoms with E-state index in [0.717, 1.165) is 21.0 Å². The smallest absolute Gasteiger partial charge is 0.187 e. The SMILES string of the molecule is C/C(=N\NC(=S)NC1CC1)c1ccc(-c2ccc(F)cc2)s1. The number of hydrogen-bond donors (Lipinski definition) is 2. The molecule has 0 aliphatic heterocycles. The van der Waals surface area contributed by atoms with E-state index in [9.17, 15) is 4.39 Å². The molecule has 1 aromatic heterocycles. The van der Waals surface area contributed by atoms with E-state index in [2.05, 4.69) is 15.8 Å². The van der Waals surface area contributed by atoms with Gasteiger partial charge in [0.25, 0.3) is 0 Å². The van der Waals surface area contributed by atoms with Crippen molar-refractivity contribution in [2.75, 3.05) is 0 Å². The summed E-state index contributed by atoms with van der Waals surface area (Å²) in [4.78, 5) is 2.14. The molecular formula is C16H16FN3S2. The predicted molar refractivity (Wildman–Crippen MR) is 93.8 cm³/mol. The van der Waals surface area contributed by atoms with Gasteiger partial charge >= 0.3 is 0 Å². The summed E-state index contributed by atoms with van der Waals surface area (Å²) in [5, 5.41) is 8.05. The maximum Gasteiger partial charge on any atom is 0.187 e. The van der Waals surface area contributed by atoms with Crippen LogP contribution in [0.2, 0.25) is 0 Å². The number of rotatable bonds is 4. The van der Waals surface area contributed by atoms with Crippen molar-refractivity contribution < 1.29 is 4.39 Å². The number of nitrogens with one attached hydrogen (secondary N) is 2. The van der Waals surface area contributed by atoms with Gasteiger partial charge in [0.15, 0.2) is 5.11 Å². The van der Waals surface area contributed by atoms with E-state index in [1.54, 1.807) is 23.5 Å². The molecule has 1 fully saturated rings. The van der Waals surface area contributed by atoms with Crippen molar-refractivity contribution in [1.29, 1.82) is 0 Å². The van der Waals surface area contributed by atoms with Gasteiger partial charge in [-0.3, -0.25) is 5.43 Å². The Morgan fingerprint density at radius 3 is 2.64 bits per heavy atom. The van der Waals surface area contributed by atoms with Crippen molar-refractivity contribution in [1.82, 2.24) is 10.7 Å². The second-order valence-electron chi connectivity index (χ2n) is 5.23. The molecule has 6 heteroatoms. The molecule has 1 aliphatic rings. The highest BCUT2D eigenvalue weighted by Crippen LogP contribution is 2.28. The molecule has 0 amide bonds. The quantitative estimate of drug-likeness (QED) is 0.506. The third kappa shape index (κ3) is 3.90. The highest BCUT2D eigenvalue weighted by Gasteiger charge is 2.21. The van der Waals surface area contributed by atoms with Crippen molar-refractivity contribution in [3.8, 4) is 10.4 Å². The molecule has 2 N–H and O–H groups in total. The summed E-state index contributed by atoms with van der Waals surface area (Å²) >= 11 is 6.79. The zero-order valence-electron chi connectivity index (χ0n) is 12.1. The Labute approximate surface area is 138 Å². The maximum absolute atomic E-state index is 13.0. The van der Waals surface area contributed by atoms with Crippen molar-refractivity contribution in [3.05, 3.63) is 47.1 Å². The summed E-state index contributed by atoms with van der Waals surface area (Å²) < 4.78 is 13.0. The van der Waals surface area contributed by atoms with E-state index in [1.807, 2.05) is 19.1 Å². The molecule has 1 heterocycles. The average molecular weight is 333 g/mol. The van der Waals surface area contributed by atoms with Crippen molar-refractivity contribution in [2.45, 2.75) is 25.8 Å². The number of halogens is 1. The van der Waals surface area contributed by atoms with Gasteiger partial charge in [-0.1, -0.05) is 12.1 Å². The first-order chi connectivity index (χ1) is 10.6. The van der Waals surface area contributed by atoms with Crippen LogP contribution in [0.25, 0.3) is 10.4 Å². The largest absolute Gasteiger partial charge is 0.359 e. The number of nitrogens with zero attached hydrogens (tertiary/aromatic N) is 1. The summed E-state index contributed by atoms with van der Waals surface area (Å²) in [6.45, 7) is 1.94. The Balaban J connectivity index is 1.66. The Kier molecular flexibility index (Phi) is 4.49. The molecule has 3 rings (SSSR count). The molecule has 1 aliphatic carbocycles.